The van der Waals surface area contributed by atoms with Crippen LogP contribution in [0.4, 0.5) is 10.1 Å². The molecule has 0 amide bonds. The first kappa shape index (κ1) is 24.3. The van der Waals surface area contributed by atoms with Crippen molar-refractivity contribution in [1.29, 1.82) is 0 Å². The second-order valence-corrected chi connectivity index (χ2v) is 11.0. The number of nitrogens with zero attached hydrogens (tertiary/aromatic N) is 2. The van der Waals surface area contributed by atoms with Crippen LogP contribution < -0.4 is 9.64 Å². The summed E-state index contributed by atoms with van der Waals surface area (Å²) in [6, 6.07) is 17.6. The number of ether oxygens (including phenoxy) is 1. The molecule has 2 aliphatic rings. The quantitative estimate of drug-likeness (QED) is 0.546. The molecule has 1 saturated heterocycles. The first-order valence-electron chi connectivity index (χ1n) is 11.7. The maximum Gasteiger partial charge on any atom is 0.243 e. The number of likely N-dealkylation sites (N-methyl/N-ethyl adjacent to an activating group) is 1. The van der Waals surface area contributed by atoms with Gasteiger partial charge < -0.3 is 14.7 Å². The Balaban J connectivity index is 1.58. The fourth-order valence-electron chi connectivity index (χ4n) is 5.33. The first-order chi connectivity index (χ1) is 17.3. The Morgan fingerprint density at radius 3 is 2.50 bits per heavy atom. The van der Waals surface area contributed by atoms with E-state index in [1.165, 1.54) is 25.3 Å². The lowest BCUT2D eigenvalue weighted by atomic mass is 9.82. The molecule has 6 nitrogen and oxygen atoms in total. The van der Waals surface area contributed by atoms with Crippen molar-refractivity contribution in [3.63, 3.8) is 0 Å². The fourth-order valence-corrected chi connectivity index (χ4v) is 7.03. The van der Waals surface area contributed by atoms with E-state index in [0.717, 1.165) is 16.8 Å². The van der Waals surface area contributed by atoms with Gasteiger partial charge in [-0.2, -0.15) is 4.31 Å². The third-order valence-corrected chi connectivity index (χ3v) is 9.02. The number of anilines is 1. The van der Waals surface area contributed by atoms with E-state index in [-0.39, 0.29) is 29.3 Å². The van der Waals surface area contributed by atoms with Crippen molar-refractivity contribution in [2.45, 2.75) is 23.4 Å². The maximum atomic E-state index is 13.8. The van der Waals surface area contributed by atoms with Crippen LogP contribution in [0.2, 0.25) is 0 Å². The van der Waals surface area contributed by atoms with E-state index in [1.54, 1.807) is 34.6 Å². The molecule has 2 aliphatic heterocycles. The van der Waals surface area contributed by atoms with Crippen molar-refractivity contribution in [3.8, 4) is 17.6 Å². The van der Waals surface area contributed by atoms with Crippen LogP contribution in [0.3, 0.4) is 0 Å². The molecule has 1 fully saturated rings. The van der Waals surface area contributed by atoms with Crippen molar-refractivity contribution in [3.05, 3.63) is 89.2 Å². The summed E-state index contributed by atoms with van der Waals surface area (Å²) in [4.78, 5) is 2.21. The standard InChI is InChI=1S/C28H27FN2O4S/c1-30-26-13-10-20(7-6-19-8-11-21(29)12-9-19)16-25(26)28-24(27(30)18-32)14-15-31(28)36(33,34)23-5-3-4-22(17-23)35-2/h3-5,8-13,16-17,24,27-28,32H,14-15,18H2,1-2H3/t24-,27+,28-/m0/s1. The molecule has 3 atom stereocenters. The zero-order valence-corrected chi connectivity index (χ0v) is 20.9. The maximum absolute atomic E-state index is 13.8. The predicted molar refractivity (Wildman–Crippen MR) is 136 cm³/mol. The molecular formula is C28H27FN2O4S. The largest absolute Gasteiger partial charge is 0.497 e. The molecule has 0 bridgehead atoms. The highest BCUT2D eigenvalue weighted by molar-refractivity contribution is 7.89. The minimum atomic E-state index is -3.82. The third-order valence-electron chi connectivity index (χ3n) is 7.15. The molecule has 3 aromatic rings. The highest BCUT2D eigenvalue weighted by Crippen LogP contribution is 2.50. The molecule has 36 heavy (non-hydrogen) atoms. The lowest BCUT2D eigenvalue weighted by Gasteiger charge is -2.44. The van der Waals surface area contributed by atoms with Gasteiger partial charge in [-0.25, -0.2) is 12.8 Å². The molecular weight excluding hydrogens is 479 g/mol. The number of hydrogen-bond acceptors (Lipinski definition) is 5. The van der Waals surface area contributed by atoms with Gasteiger partial charge in [-0.1, -0.05) is 17.9 Å². The SMILES string of the molecule is COc1cccc(S(=O)(=O)N2CC[C@H]3[C@@H](CO)N(C)c4ccc(C#Cc5ccc(F)cc5)cc4[C@H]32)c1. The summed E-state index contributed by atoms with van der Waals surface area (Å²) in [6.45, 7) is 0.278. The molecule has 3 aromatic carbocycles. The molecule has 0 aliphatic carbocycles. The summed E-state index contributed by atoms with van der Waals surface area (Å²) in [5, 5.41) is 10.2. The van der Waals surface area contributed by atoms with Crippen LogP contribution in [0.5, 0.6) is 5.75 Å². The second-order valence-electron chi connectivity index (χ2n) is 9.08. The van der Waals surface area contributed by atoms with Crippen molar-refractivity contribution in [2.24, 2.45) is 5.92 Å². The number of aliphatic hydroxyl groups excluding tert-OH is 1. The molecule has 5 rings (SSSR count). The Morgan fingerprint density at radius 2 is 1.78 bits per heavy atom. The number of aliphatic hydroxyl groups is 1. The Kier molecular flexibility index (Phi) is 6.47. The summed E-state index contributed by atoms with van der Waals surface area (Å²) < 4.78 is 47.6. The number of methoxy groups -OCH3 is 1. The lowest BCUT2D eigenvalue weighted by molar-refractivity contribution is 0.193. The summed E-state index contributed by atoms with van der Waals surface area (Å²) in [5.41, 5.74) is 3.16. The van der Waals surface area contributed by atoms with E-state index in [0.29, 0.717) is 24.3 Å². The van der Waals surface area contributed by atoms with Crippen LogP contribution in [-0.4, -0.2) is 51.2 Å². The Morgan fingerprint density at radius 1 is 1.06 bits per heavy atom. The molecule has 8 heteroatoms. The van der Waals surface area contributed by atoms with Gasteiger partial charge in [-0.3, -0.25) is 0 Å². The van der Waals surface area contributed by atoms with E-state index in [2.05, 4.69) is 11.8 Å². The number of rotatable bonds is 4. The van der Waals surface area contributed by atoms with Crippen LogP contribution in [0.15, 0.2) is 71.6 Å². The average Bonchev–Trinajstić information content (AvgIpc) is 3.35. The van der Waals surface area contributed by atoms with Crippen LogP contribution in [0, 0.1) is 23.6 Å². The monoisotopic (exact) mass is 506 g/mol. The highest BCUT2D eigenvalue weighted by Gasteiger charge is 2.50. The van der Waals surface area contributed by atoms with Crippen LogP contribution in [-0.2, 0) is 10.0 Å². The molecule has 0 saturated carbocycles. The van der Waals surface area contributed by atoms with Gasteiger partial charge in [-0.05, 0) is 66.6 Å². The minimum absolute atomic E-state index is 0.0731. The van der Waals surface area contributed by atoms with E-state index < -0.39 is 16.1 Å². The van der Waals surface area contributed by atoms with E-state index >= 15 is 0 Å². The van der Waals surface area contributed by atoms with Crippen molar-refractivity contribution < 1.29 is 22.7 Å². The first-order valence-corrected chi connectivity index (χ1v) is 13.2. The summed E-state index contributed by atoms with van der Waals surface area (Å²) in [6.07, 6.45) is 0.633. The van der Waals surface area contributed by atoms with Gasteiger partial charge in [-0.15, -0.1) is 0 Å². The van der Waals surface area contributed by atoms with Crippen LogP contribution in [0.1, 0.15) is 29.2 Å². The van der Waals surface area contributed by atoms with Gasteiger partial charge in [0.15, 0.2) is 0 Å². The summed E-state index contributed by atoms with van der Waals surface area (Å²) in [5.74, 6) is 6.26. The molecule has 0 radical (unpaired) electrons. The smallest absolute Gasteiger partial charge is 0.243 e. The normalized spacial score (nSPS) is 21.3. The summed E-state index contributed by atoms with van der Waals surface area (Å²) in [7, 11) is -0.389. The Bertz CT molecular complexity index is 1450. The van der Waals surface area contributed by atoms with Gasteiger partial charge in [0.05, 0.1) is 30.7 Å². The van der Waals surface area contributed by atoms with E-state index in [9.17, 15) is 17.9 Å². The topological polar surface area (TPSA) is 70.1 Å². The van der Waals surface area contributed by atoms with Crippen LogP contribution in [0.25, 0.3) is 0 Å². The zero-order valence-electron chi connectivity index (χ0n) is 20.1. The van der Waals surface area contributed by atoms with E-state index in [4.69, 9.17) is 4.74 Å². The number of halogens is 1. The molecule has 2 heterocycles. The van der Waals surface area contributed by atoms with E-state index in [1.807, 2.05) is 30.1 Å². The number of sulfonamides is 1. The molecule has 186 valence electrons. The van der Waals surface area contributed by atoms with Gasteiger partial charge in [0.1, 0.15) is 11.6 Å². The number of hydrogen-bond donors (Lipinski definition) is 1. The molecule has 0 spiro atoms. The zero-order chi connectivity index (χ0) is 25.4. The van der Waals surface area contributed by atoms with Gasteiger partial charge in [0.25, 0.3) is 0 Å². The predicted octanol–water partition coefficient (Wildman–Crippen LogP) is 3.80. The third kappa shape index (κ3) is 4.24. The fraction of sp³-hybridized carbons (Fsp3) is 0.286. The number of fused-ring (bicyclic) bond motifs is 3. The number of benzene rings is 3. The average molecular weight is 507 g/mol. The minimum Gasteiger partial charge on any atom is -0.497 e. The van der Waals surface area contributed by atoms with Gasteiger partial charge in [0, 0.05) is 42.4 Å². The van der Waals surface area contributed by atoms with Crippen molar-refractivity contribution >= 4 is 15.7 Å². The van der Waals surface area contributed by atoms with Crippen molar-refractivity contribution in [2.75, 3.05) is 32.2 Å². The summed E-state index contributed by atoms with van der Waals surface area (Å²) >= 11 is 0. The highest BCUT2D eigenvalue weighted by atomic mass is 32.2. The molecule has 1 N–H and O–H groups in total. The van der Waals surface area contributed by atoms with Gasteiger partial charge >= 0.3 is 0 Å². The van der Waals surface area contributed by atoms with Crippen LogP contribution >= 0.6 is 0 Å². The molecule has 0 unspecified atom stereocenters. The Labute approximate surface area is 211 Å². The van der Waals surface area contributed by atoms with Crippen molar-refractivity contribution in [1.82, 2.24) is 4.31 Å². The van der Waals surface area contributed by atoms with Gasteiger partial charge in [0.2, 0.25) is 10.0 Å². The lowest BCUT2D eigenvalue weighted by Crippen LogP contribution is -2.48. The Hall–Kier alpha value is -3.38. The molecule has 0 aromatic heterocycles. The second kappa shape index (κ2) is 9.58.